The first-order valence-electron chi connectivity index (χ1n) is 8.11. The molecule has 0 aliphatic heterocycles. The molecule has 140 valence electrons. The van der Waals surface area contributed by atoms with Crippen LogP contribution in [0.5, 0.6) is 0 Å². The summed E-state index contributed by atoms with van der Waals surface area (Å²) in [6.07, 6.45) is 4.55. The number of nitro groups is 1. The molecule has 0 amide bonds. The number of aromatic nitrogens is 2. The van der Waals surface area contributed by atoms with Crippen LogP contribution in [0.25, 0.3) is 5.69 Å². The summed E-state index contributed by atoms with van der Waals surface area (Å²) in [6.45, 7) is 1.87. The molecule has 3 aromatic rings. The van der Waals surface area contributed by atoms with E-state index < -0.39 is 14.8 Å². The number of anilines is 1. The molecule has 1 heterocycles. The third-order valence-electron chi connectivity index (χ3n) is 4.13. The Morgan fingerprint density at radius 1 is 1.19 bits per heavy atom. The number of benzene rings is 2. The summed E-state index contributed by atoms with van der Waals surface area (Å²) < 4.78 is 25.0. The number of nitro benzene ring substituents is 1. The van der Waals surface area contributed by atoms with Crippen molar-refractivity contribution in [3.05, 3.63) is 76.6 Å². The van der Waals surface area contributed by atoms with Crippen molar-refractivity contribution in [2.45, 2.75) is 17.9 Å². The summed E-state index contributed by atoms with van der Waals surface area (Å²) in [6, 6.07) is 13.1. The zero-order valence-electron chi connectivity index (χ0n) is 14.7. The molecule has 8 nitrogen and oxygen atoms in total. The van der Waals surface area contributed by atoms with Gasteiger partial charge in [0.25, 0.3) is 5.69 Å². The molecule has 0 fully saturated rings. The monoisotopic (exact) mass is 386 g/mol. The Morgan fingerprint density at radius 3 is 2.44 bits per heavy atom. The average Bonchev–Trinajstić information content (AvgIpc) is 3.15. The quantitative estimate of drug-likeness (QED) is 0.514. The van der Waals surface area contributed by atoms with E-state index in [9.17, 15) is 18.5 Å². The Labute approximate surface area is 156 Å². The molecule has 0 saturated heterocycles. The molecule has 2 aromatic carbocycles. The zero-order valence-corrected chi connectivity index (χ0v) is 15.6. The van der Waals surface area contributed by atoms with Crippen molar-refractivity contribution in [2.24, 2.45) is 0 Å². The van der Waals surface area contributed by atoms with Crippen LogP contribution in [0.3, 0.4) is 0 Å². The maximum absolute atomic E-state index is 11.6. The van der Waals surface area contributed by atoms with Crippen LogP contribution in [-0.2, 0) is 9.84 Å². The summed E-state index contributed by atoms with van der Waals surface area (Å²) in [7, 11) is -3.52. The predicted molar refractivity (Wildman–Crippen MR) is 102 cm³/mol. The highest BCUT2D eigenvalue weighted by Crippen LogP contribution is 2.30. The Morgan fingerprint density at radius 2 is 1.89 bits per heavy atom. The Hall–Kier alpha value is -3.20. The molecule has 27 heavy (non-hydrogen) atoms. The fourth-order valence-electron chi connectivity index (χ4n) is 2.67. The largest absolute Gasteiger partial charge is 0.373 e. The second kappa shape index (κ2) is 7.20. The third-order valence-corrected chi connectivity index (χ3v) is 5.24. The molecule has 9 heteroatoms. The van der Waals surface area contributed by atoms with E-state index in [1.807, 2.05) is 43.5 Å². The fraction of sp³-hybridized carbons (Fsp3) is 0.167. The van der Waals surface area contributed by atoms with Gasteiger partial charge in [-0.25, -0.2) is 13.1 Å². The van der Waals surface area contributed by atoms with Crippen molar-refractivity contribution in [1.29, 1.82) is 0 Å². The van der Waals surface area contributed by atoms with Gasteiger partial charge in [-0.1, -0.05) is 12.1 Å². The maximum Gasteiger partial charge on any atom is 0.293 e. The number of nitrogens with one attached hydrogen (secondary N) is 1. The highest BCUT2D eigenvalue weighted by Gasteiger charge is 2.20. The van der Waals surface area contributed by atoms with Gasteiger partial charge in [0, 0.05) is 30.8 Å². The number of hydrogen-bond donors (Lipinski definition) is 1. The average molecular weight is 386 g/mol. The topological polar surface area (TPSA) is 107 Å². The molecule has 0 aliphatic rings. The van der Waals surface area contributed by atoms with E-state index in [0.717, 1.165) is 23.6 Å². The highest BCUT2D eigenvalue weighted by atomic mass is 32.2. The first-order chi connectivity index (χ1) is 12.8. The molecule has 0 aliphatic carbocycles. The molecular weight excluding hydrogens is 368 g/mol. The number of rotatable bonds is 6. The lowest BCUT2D eigenvalue weighted by molar-refractivity contribution is -0.384. The van der Waals surface area contributed by atoms with Crippen LogP contribution in [0.2, 0.25) is 0 Å². The van der Waals surface area contributed by atoms with Crippen molar-refractivity contribution in [1.82, 2.24) is 9.78 Å². The van der Waals surface area contributed by atoms with Crippen LogP contribution in [0.1, 0.15) is 18.5 Å². The lowest BCUT2D eigenvalue weighted by atomic mass is 10.1. The maximum atomic E-state index is 11.6. The van der Waals surface area contributed by atoms with E-state index in [0.29, 0.717) is 0 Å². The summed E-state index contributed by atoms with van der Waals surface area (Å²) in [5, 5.41) is 18.6. The second-order valence-electron chi connectivity index (χ2n) is 6.12. The van der Waals surface area contributed by atoms with Crippen molar-refractivity contribution >= 4 is 21.2 Å². The van der Waals surface area contributed by atoms with Gasteiger partial charge < -0.3 is 5.32 Å². The van der Waals surface area contributed by atoms with Gasteiger partial charge in [-0.05, 0) is 42.8 Å². The Bertz CT molecular complexity index is 1060. The molecule has 0 saturated carbocycles. The normalized spacial score (nSPS) is 12.5. The minimum Gasteiger partial charge on any atom is -0.373 e. The van der Waals surface area contributed by atoms with Gasteiger partial charge in [-0.2, -0.15) is 5.10 Å². The molecule has 0 radical (unpaired) electrons. The highest BCUT2D eigenvalue weighted by molar-refractivity contribution is 7.90. The summed E-state index contributed by atoms with van der Waals surface area (Å²) >= 11 is 0. The predicted octanol–water partition coefficient (Wildman–Crippen LogP) is 3.36. The van der Waals surface area contributed by atoms with Gasteiger partial charge in [0.2, 0.25) is 0 Å². The minimum atomic E-state index is -3.52. The fourth-order valence-corrected chi connectivity index (χ4v) is 3.31. The van der Waals surface area contributed by atoms with Crippen LogP contribution in [0.4, 0.5) is 11.4 Å². The summed E-state index contributed by atoms with van der Waals surface area (Å²) in [5.41, 5.74) is 1.81. The second-order valence-corrected chi connectivity index (χ2v) is 8.13. The van der Waals surface area contributed by atoms with Gasteiger partial charge in [0.15, 0.2) is 9.84 Å². The minimum absolute atomic E-state index is 0.0871. The first kappa shape index (κ1) is 18.6. The van der Waals surface area contributed by atoms with Crippen LogP contribution >= 0.6 is 0 Å². The van der Waals surface area contributed by atoms with Gasteiger partial charge in [-0.3, -0.25) is 10.1 Å². The number of sulfone groups is 1. The lowest BCUT2D eigenvalue weighted by Gasteiger charge is -2.16. The van der Waals surface area contributed by atoms with E-state index in [-0.39, 0.29) is 22.3 Å². The molecule has 1 atom stereocenters. The van der Waals surface area contributed by atoms with Crippen molar-refractivity contribution < 1.29 is 13.3 Å². The number of nitrogens with zero attached hydrogens (tertiary/aromatic N) is 3. The zero-order chi connectivity index (χ0) is 19.6. The molecule has 1 aromatic heterocycles. The summed E-state index contributed by atoms with van der Waals surface area (Å²) in [4.78, 5) is 10.7. The lowest BCUT2D eigenvalue weighted by Crippen LogP contribution is -2.09. The van der Waals surface area contributed by atoms with Crippen molar-refractivity contribution in [2.75, 3.05) is 11.6 Å². The van der Waals surface area contributed by atoms with Gasteiger partial charge in [0.05, 0.1) is 15.5 Å². The van der Waals surface area contributed by atoms with Gasteiger partial charge in [-0.15, -0.1) is 0 Å². The molecular formula is C18H18N4O4S. The van der Waals surface area contributed by atoms with Crippen LogP contribution in [0, 0.1) is 10.1 Å². The standard InChI is InChI=1S/C18H18N4O4S/c1-13(14-4-6-15(7-5-14)21-11-3-10-19-21)20-17-9-8-16(27(2,25)26)12-18(17)22(23)24/h3-13,20H,1-2H3. The van der Waals surface area contributed by atoms with Gasteiger partial charge >= 0.3 is 0 Å². The molecule has 1 unspecified atom stereocenters. The number of hydrogen-bond acceptors (Lipinski definition) is 6. The molecule has 1 N–H and O–H groups in total. The van der Waals surface area contributed by atoms with Gasteiger partial charge in [0.1, 0.15) is 5.69 Å². The van der Waals surface area contributed by atoms with E-state index >= 15 is 0 Å². The van der Waals surface area contributed by atoms with Crippen LogP contribution < -0.4 is 5.32 Å². The SMILES string of the molecule is CC(Nc1ccc(S(C)(=O)=O)cc1[N+](=O)[O-])c1ccc(-n2cccn2)cc1. The van der Waals surface area contributed by atoms with E-state index in [1.165, 1.54) is 12.1 Å². The molecule has 3 rings (SSSR count). The molecule has 0 spiro atoms. The Kier molecular flexibility index (Phi) is 4.95. The summed E-state index contributed by atoms with van der Waals surface area (Å²) in [5.74, 6) is 0. The van der Waals surface area contributed by atoms with E-state index in [1.54, 1.807) is 10.9 Å². The smallest absolute Gasteiger partial charge is 0.293 e. The first-order valence-corrected chi connectivity index (χ1v) is 10.00. The Balaban J connectivity index is 1.85. The van der Waals surface area contributed by atoms with E-state index in [4.69, 9.17) is 0 Å². The van der Waals surface area contributed by atoms with Crippen molar-refractivity contribution in [3.8, 4) is 5.69 Å². The van der Waals surface area contributed by atoms with Crippen LogP contribution in [-0.4, -0.2) is 29.4 Å². The third kappa shape index (κ3) is 4.14. The molecule has 0 bridgehead atoms. The van der Waals surface area contributed by atoms with Crippen molar-refractivity contribution in [3.63, 3.8) is 0 Å². The van der Waals surface area contributed by atoms with Crippen LogP contribution in [0.15, 0.2) is 65.8 Å². The van der Waals surface area contributed by atoms with E-state index in [2.05, 4.69) is 10.4 Å².